The number of nitrogens with one attached hydrogen (secondary N) is 1. The lowest BCUT2D eigenvalue weighted by molar-refractivity contribution is 0.112. The zero-order chi connectivity index (χ0) is 27.5. The second kappa shape index (κ2) is 14.8. The van der Waals surface area contributed by atoms with Crippen LogP contribution in [0.25, 0.3) is 20.4 Å². The minimum atomic E-state index is 0. The van der Waals surface area contributed by atoms with E-state index in [-0.39, 0.29) is 20.1 Å². The minimum Gasteiger partial charge on any atom is -0.378 e. The van der Waals surface area contributed by atoms with Crippen LogP contribution >= 0.6 is 45.9 Å². The molecule has 2 aliphatic rings. The standard InChI is InChI=1S/C13H17ClN4OS.C12H12ClN3O2S.2CH4/c1-8-9(7-15-2)20-11-10(8)16-13(14)17-12(11)18-3-5-19-6-4-18;1-7-8(6-17)19-10-9(7)14-12(13)15-11(10)16-2-4-18-5-3-16;;/h15H,3-7H2,1-2H3;6H,2-5H2,1H3;2*1H4. The van der Waals surface area contributed by atoms with E-state index in [0.29, 0.717) is 23.4 Å². The predicted molar refractivity (Wildman–Crippen MR) is 172 cm³/mol. The molecule has 2 aliphatic heterocycles. The summed E-state index contributed by atoms with van der Waals surface area (Å²) in [5, 5.41) is 3.73. The van der Waals surface area contributed by atoms with Gasteiger partial charge in [-0.25, -0.2) is 9.97 Å². The molecule has 10 nitrogen and oxygen atoms in total. The van der Waals surface area contributed by atoms with Crippen molar-refractivity contribution in [3.05, 3.63) is 31.4 Å². The van der Waals surface area contributed by atoms with E-state index in [2.05, 4.69) is 42.0 Å². The highest BCUT2D eigenvalue weighted by molar-refractivity contribution is 7.21. The maximum atomic E-state index is 11.1. The van der Waals surface area contributed by atoms with Gasteiger partial charge in [0, 0.05) is 37.6 Å². The third-order valence-electron chi connectivity index (χ3n) is 6.64. The van der Waals surface area contributed by atoms with Gasteiger partial charge in [0.1, 0.15) is 0 Å². The summed E-state index contributed by atoms with van der Waals surface area (Å²) in [5.74, 6) is 1.75. The van der Waals surface area contributed by atoms with Crippen LogP contribution in [0.3, 0.4) is 0 Å². The molecule has 0 aromatic carbocycles. The van der Waals surface area contributed by atoms with Crippen molar-refractivity contribution >= 4 is 84.2 Å². The maximum absolute atomic E-state index is 11.1. The summed E-state index contributed by atoms with van der Waals surface area (Å²) in [6, 6.07) is 0. The molecule has 1 N–H and O–H groups in total. The molecule has 14 heteroatoms. The van der Waals surface area contributed by atoms with Crippen molar-refractivity contribution in [1.29, 1.82) is 0 Å². The highest BCUT2D eigenvalue weighted by Gasteiger charge is 2.22. The van der Waals surface area contributed by atoms with Crippen LogP contribution in [-0.4, -0.2) is 85.9 Å². The number of thiophene rings is 2. The molecule has 2 saturated heterocycles. The molecule has 0 radical (unpaired) electrons. The number of aldehydes is 1. The first-order valence-corrected chi connectivity index (χ1v) is 15.0. The van der Waals surface area contributed by atoms with Gasteiger partial charge >= 0.3 is 0 Å². The van der Waals surface area contributed by atoms with E-state index in [1.165, 1.54) is 21.8 Å². The molecule has 0 amide bonds. The van der Waals surface area contributed by atoms with Gasteiger partial charge in [0.15, 0.2) is 17.9 Å². The van der Waals surface area contributed by atoms with Gasteiger partial charge in [-0.3, -0.25) is 4.79 Å². The Bertz CT molecular complexity index is 1490. The fourth-order valence-corrected chi connectivity index (χ4v) is 7.26. The number of hydrogen-bond acceptors (Lipinski definition) is 12. The Morgan fingerprint density at radius 1 is 0.805 bits per heavy atom. The summed E-state index contributed by atoms with van der Waals surface area (Å²) in [6.45, 7) is 10.9. The first-order valence-electron chi connectivity index (χ1n) is 12.6. The van der Waals surface area contributed by atoms with Crippen LogP contribution in [0.2, 0.25) is 10.6 Å². The highest BCUT2D eigenvalue weighted by Crippen LogP contribution is 2.37. The second-order valence-corrected chi connectivity index (χ2v) is 11.9. The molecule has 2 fully saturated rings. The van der Waals surface area contributed by atoms with Gasteiger partial charge in [-0.05, 0) is 55.2 Å². The van der Waals surface area contributed by atoms with Crippen molar-refractivity contribution in [1.82, 2.24) is 25.3 Å². The monoisotopic (exact) mass is 641 g/mol. The number of morpholine rings is 2. The molecule has 41 heavy (non-hydrogen) atoms. The average Bonchev–Trinajstić information content (AvgIpc) is 3.45. The summed E-state index contributed by atoms with van der Waals surface area (Å²) in [6.07, 6.45) is 0.860. The summed E-state index contributed by atoms with van der Waals surface area (Å²) >= 11 is 15.3. The topological polar surface area (TPSA) is 106 Å². The number of fused-ring (bicyclic) bond motifs is 2. The van der Waals surface area contributed by atoms with E-state index in [1.54, 1.807) is 11.3 Å². The van der Waals surface area contributed by atoms with Crippen LogP contribution in [0, 0.1) is 13.8 Å². The largest absolute Gasteiger partial charge is 0.378 e. The number of halogens is 2. The van der Waals surface area contributed by atoms with E-state index in [4.69, 9.17) is 32.7 Å². The van der Waals surface area contributed by atoms with Crippen LogP contribution in [0.1, 0.15) is 40.5 Å². The van der Waals surface area contributed by atoms with Crippen molar-refractivity contribution in [3.63, 3.8) is 0 Å². The summed E-state index contributed by atoms with van der Waals surface area (Å²) < 4.78 is 12.8. The number of aromatic nitrogens is 4. The van der Waals surface area contributed by atoms with E-state index in [0.717, 1.165) is 89.9 Å². The fourth-order valence-electron chi connectivity index (χ4n) is 4.58. The first-order chi connectivity index (χ1) is 18.9. The zero-order valence-electron chi connectivity index (χ0n) is 21.9. The fraction of sp³-hybridized carbons (Fsp3) is 0.519. The predicted octanol–water partition coefficient (Wildman–Crippen LogP) is 5.78. The van der Waals surface area contributed by atoms with Gasteiger partial charge < -0.3 is 24.6 Å². The average molecular weight is 643 g/mol. The lowest BCUT2D eigenvalue weighted by Gasteiger charge is -2.28. The lowest BCUT2D eigenvalue weighted by atomic mass is 10.2. The van der Waals surface area contributed by atoms with E-state index in [1.807, 2.05) is 14.0 Å². The second-order valence-electron chi connectivity index (χ2n) is 9.08. The quantitative estimate of drug-likeness (QED) is 0.213. The molecule has 224 valence electrons. The van der Waals surface area contributed by atoms with Gasteiger partial charge in [0.2, 0.25) is 10.6 Å². The molecule has 4 aromatic rings. The number of carbonyl (C=O) groups excluding carboxylic acids is 1. The molecular formula is C27H37Cl2N7O3S2. The van der Waals surface area contributed by atoms with Crippen molar-refractivity contribution in [3.8, 4) is 0 Å². The Labute approximate surface area is 259 Å². The highest BCUT2D eigenvalue weighted by atomic mass is 35.5. The Kier molecular flexibility index (Phi) is 12.0. The van der Waals surface area contributed by atoms with E-state index >= 15 is 0 Å². The number of ether oxygens (including phenoxy) is 2. The van der Waals surface area contributed by atoms with Crippen LogP contribution in [0.5, 0.6) is 0 Å². The third kappa shape index (κ3) is 7.07. The van der Waals surface area contributed by atoms with Crippen molar-refractivity contribution in [2.75, 3.05) is 69.5 Å². The molecule has 4 aromatic heterocycles. The molecule has 0 unspecified atom stereocenters. The third-order valence-corrected chi connectivity index (χ3v) is 9.46. The number of rotatable bonds is 5. The minimum absolute atomic E-state index is 0. The Morgan fingerprint density at radius 3 is 1.73 bits per heavy atom. The number of hydrogen-bond donors (Lipinski definition) is 1. The molecule has 0 bridgehead atoms. The molecule has 6 rings (SSSR count). The number of nitrogens with zero attached hydrogens (tertiary/aromatic N) is 6. The van der Waals surface area contributed by atoms with Gasteiger partial charge in [-0.15, -0.1) is 22.7 Å². The Hall–Kier alpha value is -2.19. The van der Waals surface area contributed by atoms with Gasteiger partial charge in [0.25, 0.3) is 0 Å². The molecule has 0 saturated carbocycles. The lowest BCUT2D eigenvalue weighted by Crippen LogP contribution is -2.36. The Balaban J connectivity index is 0.000000215. The van der Waals surface area contributed by atoms with Crippen molar-refractivity contribution in [2.45, 2.75) is 35.2 Å². The van der Waals surface area contributed by atoms with Crippen LogP contribution < -0.4 is 15.1 Å². The van der Waals surface area contributed by atoms with E-state index in [9.17, 15) is 4.79 Å². The number of aryl methyl sites for hydroxylation is 2. The van der Waals surface area contributed by atoms with Gasteiger partial charge in [-0.1, -0.05) is 14.9 Å². The summed E-state index contributed by atoms with van der Waals surface area (Å²) in [4.78, 5) is 34.8. The van der Waals surface area contributed by atoms with Crippen molar-refractivity contribution in [2.24, 2.45) is 0 Å². The normalized spacial score (nSPS) is 15.2. The molecule has 0 atom stereocenters. The van der Waals surface area contributed by atoms with Crippen LogP contribution in [0.15, 0.2) is 0 Å². The maximum Gasteiger partial charge on any atom is 0.224 e. The SMILES string of the molecule is C.C.CNCc1sc2c(N3CCOCC3)nc(Cl)nc2c1C.Cc1c(C=O)sc2c(N3CCOCC3)nc(Cl)nc12. The van der Waals surface area contributed by atoms with Gasteiger partial charge in [0.05, 0.1) is 51.7 Å². The molecular weight excluding hydrogens is 605 g/mol. The molecule has 6 heterocycles. The summed E-state index contributed by atoms with van der Waals surface area (Å²) in [7, 11) is 1.95. The van der Waals surface area contributed by atoms with Crippen LogP contribution in [0.4, 0.5) is 11.6 Å². The van der Waals surface area contributed by atoms with Crippen LogP contribution in [-0.2, 0) is 16.0 Å². The summed E-state index contributed by atoms with van der Waals surface area (Å²) in [5.41, 5.74) is 3.81. The van der Waals surface area contributed by atoms with Crippen molar-refractivity contribution < 1.29 is 14.3 Å². The number of carbonyl (C=O) groups is 1. The Morgan fingerprint density at radius 2 is 1.27 bits per heavy atom. The first kappa shape index (κ1) is 33.3. The molecule has 0 aliphatic carbocycles. The molecule has 0 spiro atoms. The zero-order valence-corrected chi connectivity index (χ0v) is 25.1. The van der Waals surface area contributed by atoms with Gasteiger partial charge in [-0.2, -0.15) is 9.97 Å². The smallest absolute Gasteiger partial charge is 0.224 e. The number of anilines is 2. The van der Waals surface area contributed by atoms with E-state index < -0.39 is 0 Å².